The first kappa shape index (κ1) is 33.5. The van der Waals surface area contributed by atoms with Crippen molar-refractivity contribution in [2.45, 2.75) is 55.4 Å². The maximum atomic E-state index is 15.8. The number of nitrogens with zero attached hydrogens (tertiary/aromatic N) is 4. The first-order valence-corrected chi connectivity index (χ1v) is 17.1. The molecule has 0 unspecified atom stereocenters. The number of carbonyl (C=O) groups excluding carboxylic acids is 2. The number of aliphatic hydroxyl groups is 1. The first-order valence-electron chi connectivity index (χ1n) is 15.3. The number of pyridine rings is 1. The lowest BCUT2D eigenvalue weighted by molar-refractivity contribution is -0.129. The van der Waals surface area contributed by atoms with Crippen LogP contribution >= 0.6 is 11.6 Å². The van der Waals surface area contributed by atoms with Gasteiger partial charge in [-0.15, -0.1) is 0 Å². The highest BCUT2D eigenvalue weighted by molar-refractivity contribution is 7.89. The Morgan fingerprint density at radius 3 is 2.36 bits per heavy atom. The van der Waals surface area contributed by atoms with Crippen molar-refractivity contribution in [1.82, 2.24) is 14.6 Å². The summed E-state index contributed by atoms with van der Waals surface area (Å²) in [6, 6.07) is 8.38. The number of sulfonamides is 1. The third kappa shape index (κ3) is 7.40. The summed E-state index contributed by atoms with van der Waals surface area (Å²) in [5.74, 6) is -4.50. The van der Waals surface area contributed by atoms with Gasteiger partial charge in [0.05, 0.1) is 4.90 Å². The minimum atomic E-state index is -3.83. The fraction of sp³-hybridized carbons (Fsp3) is 0.567. The van der Waals surface area contributed by atoms with E-state index in [1.165, 1.54) is 28.6 Å². The molecule has 246 valence electrons. The number of carbonyl (C=O) groups is 2. The van der Waals surface area contributed by atoms with Gasteiger partial charge in [-0.1, -0.05) is 11.6 Å². The lowest BCUT2D eigenvalue weighted by Gasteiger charge is -2.36. The van der Waals surface area contributed by atoms with Crippen molar-refractivity contribution < 1.29 is 31.9 Å². The number of piperazine rings is 1. The summed E-state index contributed by atoms with van der Waals surface area (Å²) in [5.41, 5.74) is 6.21. The minimum Gasteiger partial charge on any atom is -0.396 e. The van der Waals surface area contributed by atoms with Gasteiger partial charge in [-0.25, -0.2) is 22.2 Å². The molecule has 1 saturated carbocycles. The summed E-state index contributed by atoms with van der Waals surface area (Å²) in [4.78, 5) is 32.1. The van der Waals surface area contributed by atoms with Crippen LogP contribution in [0.25, 0.3) is 0 Å². The molecule has 0 bridgehead atoms. The Morgan fingerprint density at radius 2 is 1.76 bits per heavy atom. The monoisotopic (exact) mass is 668 g/mol. The van der Waals surface area contributed by atoms with Gasteiger partial charge in [-0.3, -0.25) is 9.59 Å². The van der Waals surface area contributed by atoms with Gasteiger partial charge in [0.1, 0.15) is 11.0 Å². The minimum absolute atomic E-state index is 0.0285. The zero-order chi connectivity index (χ0) is 32.4. The fourth-order valence-electron chi connectivity index (χ4n) is 6.32. The quantitative estimate of drug-likeness (QED) is 0.259. The highest BCUT2D eigenvalue weighted by Crippen LogP contribution is 2.46. The molecule has 0 spiro atoms. The summed E-state index contributed by atoms with van der Waals surface area (Å²) < 4.78 is 59.6. The van der Waals surface area contributed by atoms with E-state index in [4.69, 9.17) is 22.4 Å². The standard InChI is InChI=1S/C30H39ClF2N6O5S/c31-26-16-22(30(32,33)21-4-2-20(3-5-21)29(42)35-10-1-15-40)17-27(36-26)37-11-13-38(14-12-37)45(43,44)25-8-6-24(7-9-25)39-19-23(34)18-28(39)41/h6-9,16-17,20-21,23,40H,1-5,10-15,18-19,34H2,(H,35,42)/t20?,21?,23-/m1/s1. The zero-order valence-corrected chi connectivity index (χ0v) is 26.4. The van der Waals surface area contributed by atoms with Crippen LogP contribution in [0, 0.1) is 11.8 Å². The third-order valence-electron chi connectivity index (χ3n) is 8.91. The topological polar surface area (TPSA) is 149 Å². The molecule has 1 aromatic carbocycles. The lowest BCUT2D eigenvalue weighted by atomic mass is 9.77. The van der Waals surface area contributed by atoms with Gasteiger partial charge in [-0.05, 0) is 68.5 Å². The number of hydrogen-bond donors (Lipinski definition) is 3. The van der Waals surface area contributed by atoms with Crippen LogP contribution in [0.3, 0.4) is 0 Å². The van der Waals surface area contributed by atoms with E-state index in [2.05, 4.69) is 10.3 Å². The Morgan fingerprint density at radius 1 is 1.09 bits per heavy atom. The second-order valence-electron chi connectivity index (χ2n) is 11.9. The number of hydrogen-bond acceptors (Lipinski definition) is 8. The fourth-order valence-corrected chi connectivity index (χ4v) is 7.94. The highest BCUT2D eigenvalue weighted by atomic mass is 35.5. The number of nitrogens with two attached hydrogens (primary N) is 1. The predicted molar refractivity (Wildman–Crippen MR) is 166 cm³/mol. The normalized spacial score (nSPS) is 23.4. The number of alkyl halides is 2. The summed E-state index contributed by atoms with van der Waals surface area (Å²) in [7, 11) is -3.83. The Kier molecular flexibility index (Phi) is 10.3. The summed E-state index contributed by atoms with van der Waals surface area (Å²) in [6.45, 7) is 1.40. The van der Waals surface area contributed by atoms with Crippen LogP contribution in [0.2, 0.25) is 5.15 Å². The second-order valence-corrected chi connectivity index (χ2v) is 14.3. The first-order chi connectivity index (χ1) is 21.4. The van der Waals surface area contributed by atoms with Gasteiger partial charge in [0, 0.05) is 81.4 Å². The van der Waals surface area contributed by atoms with Gasteiger partial charge in [0.15, 0.2) is 0 Å². The van der Waals surface area contributed by atoms with E-state index < -0.39 is 21.9 Å². The van der Waals surface area contributed by atoms with E-state index >= 15 is 8.78 Å². The number of amides is 2. The smallest absolute Gasteiger partial charge is 0.276 e. The number of aromatic nitrogens is 1. The van der Waals surface area contributed by atoms with Crippen molar-refractivity contribution in [3.05, 3.63) is 47.1 Å². The Balaban J connectivity index is 1.20. The molecular weight excluding hydrogens is 630 g/mol. The molecule has 4 N–H and O–H groups in total. The van der Waals surface area contributed by atoms with E-state index in [1.807, 2.05) is 0 Å². The molecule has 45 heavy (non-hydrogen) atoms. The van der Waals surface area contributed by atoms with Crippen LogP contribution < -0.4 is 20.9 Å². The second kappa shape index (κ2) is 13.8. The number of anilines is 2. The van der Waals surface area contributed by atoms with Gasteiger partial charge in [0.25, 0.3) is 5.92 Å². The molecule has 5 rings (SSSR count). The molecule has 2 saturated heterocycles. The van der Waals surface area contributed by atoms with Crippen LogP contribution in [0.15, 0.2) is 41.3 Å². The summed E-state index contributed by atoms with van der Waals surface area (Å²) in [5, 5.41) is 11.6. The van der Waals surface area contributed by atoms with Crippen LogP contribution in [-0.4, -0.2) is 86.5 Å². The largest absolute Gasteiger partial charge is 0.396 e. The number of rotatable bonds is 10. The Labute approximate surface area is 266 Å². The van der Waals surface area contributed by atoms with E-state index in [0.717, 1.165) is 0 Å². The number of aliphatic hydroxyl groups excluding tert-OH is 1. The summed E-state index contributed by atoms with van der Waals surface area (Å²) in [6.07, 6.45) is 1.75. The van der Waals surface area contributed by atoms with Crippen molar-refractivity contribution in [1.29, 1.82) is 0 Å². The van der Waals surface area contributed by atoms with Crippen LogP contribution in [0.5, 0.6) is 0 Å². The maximum absolute atomic E-state index is 15.8. The van der Waals surface area contributed by atoms with Crippen molar-refractivity contribution in [2.24, 2.45) is 17.6 Å². The molecular formula is C30H39ClF2N6O5S. The number of benzene rings is 1. The van der Waals surface area contributed by atoms with Gasteiger partial charge < -0.3 is 26.0 Å². The van der Waals surface area contributed by atoms with E-state index in [1.54, 1.807) is 21.9 Å². The van der Waals surface area contributed by atoms with Gasteiger partial charge in [-0.2, -0.15) is 4.31 Å². The molecule has 2 aromatic rings. The molecule has 1 aliphatic carbocycles. The maximum Gasteiger partial charge on any atom is 0.276 e. The van der Waals surface area contributed by atoms with E-state index in [0.29, 0.717) is 38.0 Å². The van der Waals surface area contributed by atoms with E-state index in [9.17, 15) is 18.0 Å². The molecule has 2 amide bonds. The average Bonchev–Trinajstić information content (AvgIpc) is 3.38. The van der Waals surface area contributed by atoms with Crippen molar-refractivity contribution in [2.75, 3.05) is 55.7 Å². The lowest BCUT2D eigenvalue weighted by Crippen LogP contribution is -2.49. The van der Waals surface area contributed by atoms with Crippen molar-refractivity contribution in [3.63, 3.8) is 0 Å². The molecule has 3 aliphatic rings. The number of nitrogens with one attached hydrogen (secondary N) is 1. The van der Waals surface area contributed by atoms with Crippen LogP contribution in [0.1, 0.15) is 44.1 Å². The molecule has 11 nitrogen and oxygen atoms in total. The molecule has 1 atom stereocenters. The Bertz CT molecular complexity index is 1480. The van der Waals surface area contributed by atoms with Gasteiger partial charge in [0.2, 0.25) is 21.8 Å². The zero-order valence-electron chi connectivity index (χ0n) is 24.9. The van der Waals surface area contributed by atoms with Crippen LogP contribution in [0.4, 0.5) is 20.3 Å². The molecule has 15 heteroatoms. The van der Waals surface area contributed by atoms with Crippen molar-refractivity contribution >= 4 is 44.9 Å². The summed E-state index contributed by atoms with van der Waals surface area (Å²) >= 11 is 6.22. The molecule has 0 radical (unpaired) electrons. The number of halogens is 3. The highest BCUT2D eigenvalue weighted by Gasteiger charge is 2.44. The van der Waals surface area contributed by atoms with E-state index in [-0.39, 0.29) is 97.3 Å². The van der Waals surface area contributed by atoms with Crippen LogP contribution in [-0.2, 0) is 25.5 Å². The van der Waals surface area contributed by atoms with Gasteiger partial charge >= 0.3 is 0 Å². The van der Waals surface area contributed by atoms with Crippen molar-refractivity contribution in [3.8, 4) is 0 Å². The Hall–Kier alpha value is -2.91. The molecule has 3 fully saturated rings. The molecule has 3 heterocycles. The molecule has 1 aromatic heterocycles. The average molecular weight is 669 g/mol. The molecule has 2 aliphatic heterocycles. The third-order valence-corrected chi connectivity index (χ3v) is 11.0. The predicted octanol–water partition coefficient (Wildman–Crippen LogP) is 2.71. The SMILES string of the molecule is N[C@@H]1CC(=O)N(c2ccc(S(=O)(=O)N3CCN(c4cc(C(F)(F)C5CCC(C(=O)NCCCO)CC5)cc(Cl)n4)CC3)cc2)C1.